The van der Waals surface area contributed by atoms with Gasteiger partial charge in [0, 0.05) is 37.0 Å². The van der Waals surface area contributed by atoms with Crippen LogP contribution in [0, 0.1) is 5.82 Å². The Labute approximate surface area is 193 Å². The predicted octanol–water partition coefficient (Wildman–Crippen LogP) is 5.41. The fourth-order valence-electron chi connectivity index (χ4n) is 3.73. The lowest BCUT2D eigenvalue weighted by molar-refractivity contribution is -0.116. The molecule has 4 rings (SSSR count). The van der Waals surface area contributed by atoms with E-state index in [2.05, 4.69) is 27.3 Å². The van der Waals surface area contributed by atoms with E-state index in [0.717, 1.165) is 41.9 Å². The number of carbonyl (C=O) groups is 1. The van der Waals surface area contributed by atoms with Crippen LogP contribution in [0.25, 0.3) is 10.9 Å². The van der Waals surface area contributed by atoms with Crippen molar-refractivity contribution in [3.8, 4) is 0 Å². The molecule has 33 heavy (non-hydrogen) atoms. The van der Waals surface area contributed by atoms with Crippen LogP contribution in [0.2, 0.25) is 0 Å². The Morgan fingerprint density at radius 1 is 0.909 bits per heavy atom. The number of rotatable bonds is 9. The van der Waals surface area contributed by atoms with Crippen LogP contribution in [0.1, 0.15) is 24.7 Å². The van der Waals surface area contributed by atoms with Gasteiger partial charge in [-0.3, -0.25) is 4.79 Å². The van der Waals surface area contributed by atoms with E-state index in [-0.39, 0.29) is 18.1 Å². The van der Waals surface area contributed by atoms with E-state index < -0.39 is 0 Å². The summed E-state index contributed by atoms with van der Waals surface area (Å²) in [6, 6.07) is 24.1. The quantitative estimate of drug-likeness (QED) is 0.377. The molecule has 0 aliphatic heterocycles. The lowest BCUT2D eigenvalue weighted by atomic mass is 10.1. The zero-order valence-corrected chi connectivity index (χ0v) is 18.7. The number of anilines is 2. The van der Waals surface area contributed by atoms with Crippen molar-refractivity contribution in [3.63, 3.8) is 0 Å². The van der Waals surface area contributed by atoms with Crippen LogP contribution in [-0.2, 0) is 17.6 Å². The highest BCUT2D eigenvalue weighted by atomic mass is 19.1. The van der Waals surface area contributed by atoms with E-state index in [0.29, 0.717) is 12.2 Å². The third kappa shape index (κ3) is 5.92. The summed E-state index contributed by atoms with van der Waals surface area (Å²) in [6.07, 6.45) is 1.85. The highest BCUT2D eigenvalue weighted by molar-refractivity contribution is 5.92. The van der Waals surface area contributed by atoms with E-state index in [9.17, 15) is 9.18 Å². The zero-order chi connectivity index (χ0) is 23.0. The van der Waals surface area contributed by atoms with Gasteiger partial charge in [0.15, 0.2) is 0 Å². The second kappa shape index (κ2) is 10.7. The number of aryl methyl sites for hydroxylation is 1. The highest BCUT2D eigenvalue weighted by Gasteiger charge is 2.16. The van der Waals surface area contributed by atoms with E-state index in [1.807, 2.05) is 49.4 Å². The number of benzene rings is 3. The maximum atomic E-state index is 13.1. The summed E-state index contributed by atoms with van der Waals surface area (Å²) < 4.78 is 13.1. The van der Waals surface area contributed by atoms with Gasteiger partial charge in [-0.25, -0.2) is 14.4 Å². The minimum atomic E-state index is -0.331. The minimum absolute atomic E-state index is 0.125. The van der Waals surface area contributed by atoms with Crippen LogP contribution in [0.3, 0.4) is 0 Å². The third-order valence-corrected chi connectivity index (χ3v) is 5.50. The first-order valence-electron chi connectivity index (χ1n) is 11.2. The Bertz CT molecular complexity index is 1210. The van der Waals surface area contributed by atoms with Crippen LogP contribution >= 0.6 is 0 Å². The van der Waals surface area contributed by atoms with Crippen molar-refractivity contribution in [2.75, 3.05) is 23.3 Å². The molecule has 168 valence electrons. The largest absolute Gasteiger partial charge is 0.355 e. The van der Waals surface area contributed by atoms with Crippen molar-refractivity contribution in [3.05, 3.63) is 96.1 Å². The number of amides is 1. The second-order valence-electron chi connectivity index (χ2n) is 7.86. The monoisotopic (exact) mass is 442 g/mol. The number of carbonyl (C=O) groups excluding carboxylic acids is 1. The SMILES string of the molecule is CCc1nc(N(CCC(=O)Nc2ccc(F)cc2)CCc2ccccc2)c2ccccc2n1. The first kappa shape index (κ1) is 22.4. The molecule has 0 aliphatic carbocycles. The molecule has 1 aromatic heterocycles. The molecule has 1 amide bonds. The Morgan fingerprint density at radius 3 is 2.39 bits per heavy atom. The Morgan fingerprint density at radius 2 is 1.64 bits per heavy atom. The number of halogens is 1. The molecule has 0 radical (unpaired) electrons. The fraction of sp³-hybridized carbons (Fsp3) is 0.222. The summed E-state index contributed by atoms with van der Waals surface area (Å²) in [4.78, 5) is 24.3. The van der Waals surface area contributed by atoms with E-state index in [1.54, 1.807) is 12.1 Å². The molecule has 0 fully saturated rings. The molecule has 5 nitrogen and oxygen atoms in total. The number of nitrogens with zero attached hydrogens (tertiary/aromatic N) is 3. The van der Waals surface area contributed by atoms with Gasteiger partial charge in [-0.15, -0.1) is 0 Å². The topological polar surface area (TPSA) is 58.1 Å². The molecule has 0 saturated carbocycles. The number of para-hydroxylation sites is 1. The second-order valence-corrected chi connectivity index (χ2v) is 7.86. The predicted molar refractivity (Wildman–Crippen MR) is 131 cm³/mol. The summed E-state index contributed by atoms with van der Waals surface area (Å²) in [5.41, 5.74) is 2.71. The summed E-state index contributed by atoms with van der Waals surface area (Å²) >= 11 is 0. The summed E-state index contributed by atoms with van der Waals surface area (Å²) in [6.45, 7) is 3.26. The van der Waals surface area contributed by atoms with Crippen LogP contribution in [0.4, 0.5) is 15.9 Å². The van der Waals surface area contributed by atoms with Gasteiger partial charge >= 0.3 is 0 Å². The van der Waals surface area contributed by atoms with Crippen molar-refractivity contribution in [1.82, 2.24) is 9.97 Å². The molecule has 0 atom stereocenters. The molecule has 6 heteroatoms. The normalized spacial score (nSPS) is 10.8. The summed E-state index contributed by atoms with van der Waals surface area (Å²) in [5, 5.41) is 3.82. The smallest absolute Gasteiger partial charge is 0.226 e. The van der Waals surface area contributed by atoms with Crippen molar-refractivity contribution in [2.45, 2.75) is 26.2 Å². The Hall–Kier alpha value is -3.80. The number of hydrogen-bond acceptors (Lipinski definition) is 4. The van der Waals surface area contributed by atoms with Crippen LogP contribution in [0.15, 0.2) is 78.9 Å². The fourth-order valence-corrected chi connectivity index (χ4v) is 3.73. The summed E-state index contributed by atoms with van der Waals surface area (Å²) in [5.74, 6) is 1.18. The molecule has 0 spiro atoms. The first-order valence-corrected chi connectivity index (χ1v) is 11.2. The molecule has 0 bridgehead atoms. The zero-order valence-electron chi connectivity index (χ0n) is 18.7. The maximum absolute atomic E-state index is 13.1. The number of fused-ring (bicyclic) bond motifs is 1. The number of aromatic nitrogens is 2. The van der Waals surface area contributed by atoms with E-state index in [4.69, 9.17) is 4.98 Å². The van der Waals surface area contributed by atoms with E-state index >= 15 is 0 Å². The molecule has 0 aliphatic rings. The molecular weight excluding hydrogens is 415 g/mol. The van der Waals surface area contributed by atoms with Gasteiger partial charge in [0.1, 0.15) is 17.5 Å². The molecule has 0 unspecified atom stereocenters. The maximum Gasteiger partial charge on any atom is 0.226 e. The van der Waals surface area contributed by atoms with Crippen molar-refractivity contribution in [1.29, 1.82) is 0 Å². The Balaban J connectivity index is 1.56. The van der Waals surface area contributed by atoms with Crippen molar-refractivity contribution >= 4 is 28.3 Å². The van der Waals surface area contributed by atoms with Crippen LogP contribution < -0.4 is 10.2 Å². The van der Waals surface area contributed by atoms with Gasteiger partial charge in [0.2, 0.25) is 5.91 Å². The average molecular weight is 443 g/mol. The lowest BCUT2D eigenvalue weighted by Gasteiger charge is -2.25. The van der Waals surface area contributed by atoms with E-state index in [1.165, 1.54) is 17.7 Å². The molecule has 1 N–H and O–H groups in total. The van der Waals surface area contributed by atoms with Crippen LogP contribution in [-0.4, -0.2) is 29.0 Å². The van der Waals surface area contributed by atoms with Gasteiger partial charge in [0.05, 0.1) is 5.52 Å². The standard InChI is InChI=1S/C27H27FN4O/c1-2-25-30-24-11-7-6-10-23(24)27(31-25)32(18-16-20-8-4-3-5-9-20)19-17-26(33)29-22-14-12-21(28)13-15-22/h3-15H,2,16-19H2,1H3,(H,29,33). The highest BCUT2D eigenvalue weighted by Crippen LogP contribution is 2.25. The lowest BCUT2D eigenvalue weighted by Crippen LogP contribution is -2.31. The first-order chi connectivity index (χ1) is 16.1. The Kier molecular flexibility index (Phi) is 7.25. The van der Waals surface area contributed by atoms with Crippen molar-refractivity contribution < 1.29 is 9.18 Å². The summed E-state index contributed by atoms with van der Waals surface area (Å²) in [7, 11) is 0. The van der Waals surface area contributed by atoms with Gasteiger partial charge in [-0.2, -0.15) is 0 Å². The molecule has 3 aromatic carbocycles. The van der Waals surface area contributed by atoms with Gasteiger partial charge in [-0.05, 0) is 48.4 Å². The molecular formula is C27H27FN4O. The van der Waals surface area contributed by atoms with Gasteiger partial charge < -0.3 is 10.2 Å². The number of nitrogens with one attached hydrogen (secondary N) is 1. The third-order valence-electron chi connectivity index (χ3n) is 5.50. The average Bonchev–Trinajstić information content (AvgIpc) is 2.85. The molecule has 4 aromatic rings. The molecule has 1 heterocycles. The number of hydrogen-bond donors (Lipinski definition) is 1. The van der Waals surface area contributed by atoms with Crippen molar-refractivity contribution in [2.24, 2.45) is 0 Å². The van der Waals surface area contributed by atoms with Gasteiger partial charge in [-0.1, -0.05) is 49.4 Å². The van der Waals surface area contributed by atoms with Crippen LogP contribution in [0.5, 0.6) is 0 Å². The van der Waals surface area contributed by atoms with Gasteiger partial charge in [0.25, 0.3) is 0 Å². The minimum Gasteiger partial charge on any atom is -0.355 e. The molecule has 0 saturated heterocycles.